The van der Waals surface area contributed by atoms with E-state index in [0.29, 0.717) is 14.1 Å². The van der Waals surface area contributed by atoms with Crippen LogP contribution in [-0.2, 0) is 17.1 Å². The summed E-state index contributed by atoms with van der Waals surface area (Å²) >= 11 is 8.00. The molecule has 14 heavy (non-hydrogen) atoms. The van der Waals surface area contributed by atoms with Crippen LogP contribution in [0.5, 0.6) is 5.75 Å². The number of halogens is 2. The Labute approximate surface area is 110 Å². The van der Waals surface area contributed by atoms with E-state index in [-0.39, 0.29) is 22.8 Å². The SMILES string of the molecule is Oc1c(I)cc(Cl)c2cccnc12.[64Cu+2]. The average molecular weight is 369 g/mol. The number of pyridine rings is 1. The summed E-state index contributed by atoms with van der Waals surface area (Å²) < 4.78 is 0.716. The number of aromatic nitrogens is 1. The van der Waals surface area contributed by atoms with Gasteiger partial charge in [-0.1, -0.05) is 11.6 Å². The number of rotatable bonds is 0. The Morgan fingerprint density at radius 3 is 2.86 bits per heavy atom. The third-order valence-electron chi connectivity index (χ3n) is 1.77. The van der Waals surface area contributed by atoms with Gasteiger partial charge in [-0.3, -0.25) is 4.98 Å². The minimum absolute atomic E-state index is 0. The van der Waals surface area contributed by atoms with E-state index in [2.05, 4.69) is 4.98 Å². The fourth-order valence-electron chi connectivity index (χ4n) is 1.16. The molecule has 2 aromatic rings. The molecule has 0 spiro atoms. The van der Waals surface area contributed by atoms with Crippen molar-refractivity contribution < 1.29 is 22.2 Å². The van der Waals surface area contributed by atoms with Crippen LogP contribution >= 0.6 is 34.2 Å². The van der Waals surface area contributed by atoms with Gasteiger partial charge >= 0.3 is 17.1 Å². The van der Waals surface area contributed by atoms with E-state index in [1.54, 1.807) is 18.3 Å². The minimum atomic E-state index is 0. The predicted molar refractivity (Wildman–Crippen MR) is 61.1 cm³/mol. The molecule has 2 nitrogen and oxygen atoms in total. The molecule has 0 aliphatic heterocycles. The van der Waals surface area contributed by atoms with Crippen LogP contribution in [0.1, 0.15) is 0 Å². The second-order valence-electron chi connectivity index (χ2n) is 2.59. The molecule has 0 saturated heterocycles. The first-order chi connectivity index (χ1) is 6.20. The van der Waals surface area contributed by atoms with Crippen molar-refractivity contribution in [1.82, 2.24) is 4.98 Å². The van der Waals surface area contributed by atoms with E-state index in [9.17, 15) is 5.11 Å². The number of fused-ring (bicyclic) bond motifs is 1. The number of phenols is 1. The summed E-state index contributed by atoms with van der Waals surface area (Å²) in [5.74, 6) is 0.195. The molecule has 0 atom stereocenters. The van der Waals surface area contributed by atoms with Crippen LogP contribution in [0.2, 0.25) is 5.02 Å². The van der Waals surface area contributed by atoms with Crippen LogP contribution in [0, 0.1) is 3.57 Å². The average Bonchev–Trinajstić information content (AvgIpc) is 2.15. The van der Waals surface area contributed by atoms with Gasteiger partial charge in [0, 0.05) is 11.6 Å². The molecule has 1 aromatic heterocycles. The molecular weight excluding hydrogens is 364 g/mol. The molecule has 0 saturated carbocycles. The van der Waals surface area contributed by atoms with Crippen molar-refractivity contribution in [2.75, 3.05) is 0 Å². The Kier molecular flexibility index (Phi) is 4.01. The van der Waals surface area contributed by atoms with Crippen molar-refractivity contribution >= 4 is 45.1 Å². The summed E-state index contributed by atoms with van der Waals surface area (Å²) in [5.41, 5.74) is 0.555. The first kappa shape index (κ1) is 12.0. The Bertz CT molecular complexity index is 478. The summed E-state index contributed by atoms with van der Waals surface area (Å²) in [6.07, 6.45) is 1.63. The molecule has 0 aliphatic rings. The zero-order valence-corrected chi connectivity index (χ0v) is 10.6. The molecule has 1 aromatic carbocycles. The van der Waals surface area contributed by atoms with Gasteiger partial charge in [0.15, 0.2) is 5.75 Å². The number of nitrogens with zero attached hydrogens (tertiary/aromatic N) is 1. The Morgan fingerprint density at radius 2 is 2.14 bits per heavy atom. The van der Waals surface area contributed by atoms with E-state index in [1.165, 1.54) is 0 Å². The Balaban J connectivity index is 0.000000980. The molecule has 2 rings (SSSR count). The summed E-state index contributed by atoms with van der Waals surface area (Å²) in [6, 6.07) is 5.35. The summed E-state index contributed by atoms with van der Waals surface area (Å²) in [7, 11) is 0. The number of hydrogen-bond acceptors (Lipinski definition) is 2. The first-order valence-corrected chi connectivity index (χ1v) is 5.07. The first-order valence-electron chi connectivity index (χ1n) is 3.62. The van der Waals surface area contributed by atoms with Crippen LogP contribution in [0.4, 0.5) is 0 Å². The Hall–Kier alpha value is -0.0305. The van der Waals surface area contributed by atoms with Gasteiger partial charge in [0.05, 0.1) is 8.59 Å². The number of benzene rings is 1. The van der Waals surface area contributed by atoms with Crippen LogP contribution in [-0.4, -0.2) is 10.1 Å². The standard InChI is InChI=1S/C9H5ClINO.Cu/c10-6-4-7(11)9(13)8-5(6)2-1-3-12-8;/h1-4,13H;/q;+2/i;1+0. The van der Waals surface area contributed by atoms with E-state index in [4.69, 9.17) is 11.6 Å². The summed E-state index contributed by atoms with van der Waals surface area (Å²) in [6.45, 7) is 0. The van der Waals surface area contributed by atoms with Gasteiger partial charge in [-0.25, -0.2) is 0 Å². The fraction of sp³-hybridized carbons (Fsp3) is 0. The van der Waals surface area contributed by atoms with E-state index >= 15 is 0 Å². The third kappa shape index (κ3) is 1.98. The molecule has 1 heterocycles. The van der Waals surface area contributed by atoms with E-state index in [1.807, 2.05) is 28.7 Å². The van der Waals surface area contributed by atoms with Gasteiger partial charge in [-0.05, 0) is 40.8 Å². The largest absolute Gasteiger partial charge is 2.00 e. The van der Waals surface area contributed by atoms with Crippen molar-refractivity contribution in [3.63, 3.8) is 0 Å². The van der Waals surface area contributed by atoms with Crippen molar-refractivity contribution in [2.45, 2.75) is 0 Å². The normalized spacial score (nSPS) is 9.86. The van der Waals surface area contributed by atoms with Gasteiger partial charge in [0.25, 0.3) is 0 Å². The van der Waals surface area contributed by atoms with Crippen LogP contribution < -0.4 is 0 Å². The smallest absolute Gasteiger partial charge is 0.505 e. The van der Waals surface area contributed by atoms with Gasteiger partial charge in [-0.2, -0.15) is 0 Å². The van der Waals surface area contributed by atoms with Crippen LogP contribution in [0.25, 0.3) is 10.9 Å². The maximum absolute atomic E-state index is 9.65. The van der Waals surface area contributed by atoms with Gasteiger partial charge < -0.3 is 5.11 Å². The second-order valence-corrected chi connectivity index (χ2v) is 4.16. The second kappa shape index (κ2) is 4.66. The fourth-order valence-corrected chi connectivity index (χ4v) is 2.17. The molecular formula is C9H5ClCuINO+2. The topological polar surface area (TPSA) is 33.1 Å². The molecule has 1 N–H and O–H groups in total. The van der Waals surface area contributed by atoms with Crippen molar-refractivity contribution in [1.29, 1.82) is 0 Å². The maximum Gasteiger partial charge on any atom is 2.00 e. The molecule has 1 radical (unpaired) electrons. The molecule has 0 amide bonds. The zero-order valence-electron chi connectivity index (χ0n) is 6.76. The molecule has 75 valence electrons. The van der Waals surface area contributed by atoms with Crippen LogP contribution in [0.3, 0.4) is 0 Å². The van der Waals surface area contributed by atoms with Crippen molar-refractivity contribution in [3.8, 4) is 5.75 Å². The van der Waals surface area contributed by atoms with E-state index < -0.39 is 0 Å². The predicted octanol–water partition coefficient (Wildman–Crippen LogP) is 3.20. The summed E-state index contributed by atoms with van der Waals surface area (Å²) in [5, 5.41) is 11.0. The quantitative estimate of drug-likeness (QED) is 0.572. The van der Waals surface area contributed by atoms with Gasteiger partial charge in [0.2, 0.25) is 0 Å². The third-order valence-corrected chi connectivity index (χ3v) is 2.90. The van der Waals surface area contributed by atoms with Gasteiger partial charge in [-0.15, -0.1) is 0 Å². The van der Waals surface area contributed by atoms with Crippen molar-refractivity contribution in [2.24, 2.45) is 0 Å². The molecule has 0 unspecified atom stereocenters. The van der Waals surface area contributed by atoms with E-state index in [0.717, 1.165) is 5.39 Å². The van der Waals surface area contributed by atoms with Gasteiger partial charge in [0.1, 0.15) is 5.52 Å². The zero-order chi connectivity index (χ0) is 9.42. The van der Waals surface area contributed by atoms with Crippen molar-refractivity contribution in [3.05, 3.63) is 33.0 Å². The summed E-state index contributed by atoms with van der Waals surface area (Å²) in [4.78, 5) is 4.06. The number of hydrogen-bond donors (Lipinski definition) is 1. The molecule has 0 bridgehead atoms. The monoisotopic (exact) mass is 369 g/mol. The van der Waals surface area contributed by atoms with Crippen LogP contribution in [0.15, 0.2) is 24.4 Å². The number of phenolic OH excluding ortho intramolecular Hbond substituents is 1. The molecule has 0 aliphatic carbocycles. The molecule has 5 heteroatoms. The maximum atomic E-state index is 9.65. The molecule has 0 fully saturated rings. The minimum Gasteiger partial charge on any atom is -0.505 e. The Morgan fingerprint density at radius 1 is 1.43 bits per heavy atom. The number of aromatic hydroxyl groups is 1.